The summed E-state index contributed by atoms with van der Waals surface area (Å²) in [4.78, 5) is 12.9. The summed E-state index contributed by atoms with van der Waals surface area (Å²) in [6.45, 7) is 3.88. The maximum absolute atomic E-state index is 11.3. The molecule has 4 nitrogen and oxygen atoms in total. The van der Waals surface area contributed by atoms with Crippen LogP contribution in [0, 0.1) is 0 Å². The molecule has 0 aliphatic carbocycles. The van der Waals surface area contributed by atoms with Crippen LogP contribution in [0.25, 0.3) is 0 Å². The molecule has 0 aliphatic heterocycles. The van der Waals surface area contributed by atoms with E-state index in [0.29, 0.717) is 32.6 Å². The summed E-state index contributed by atoms with van der Waals surface area (Å²) in [6.07, 6.45) is 0.955. The van der Waals surface area contributed by atoms with E-state index in [0.717, 1.165) is 0 Å². The molecule has 0 aromatic heterocycles. The molecule has 0 spiro atoms. The summed E-state index contributed by atoms with van der Waals surface area (Å²) in [5.41, 5.74) is 0. The van der Waals surface area contributed by atoms with Gasteiger partial charge in [-0.3, -0.25) is 4.79 Å². The Hall–Kier alpha value is -0.610. The lowest BCUT2D eigenvalue weighted by Gasteiger charge is -2.16. The molecule has 0 bridgehead atoms. The second-order valence-corrected chi connectivity index (χ2v) is 2.84. The standard InChI is InChI=1S/C9H19NO3/c1-3-13-8-6-10(2)9(12)5-4-7-11/h11H,3-8H2,1-2H3. The molecule has 1 N–H and O–H groups in total. The smallest absolute Gasteiger partial charge is 0.222 e. The summed E-state index contributed by atoms with van der Waals surface area (Å²) in [5, 5.41) is 8.52. The van der Waals surface area contributed by atoms with E-state index in [1.807, 2.05) is 6.92 Å². The van der Waals surface area contributed by atoms with Gasteiger partial charge in [-0.15, -0.1) is 0 Å². The lowest BCUT2D eigenvalue weighted by molar-refractivity contribution is -0.130. The van der Waals surface area contributed by atoms with Gasteiger partial charge in [0.05, 0.1) is 6.61 Å². The first-order valence-corrected chi connectivity index (χ1v) is 4.65. The molecule has 78 valence electrons. The van der Waals surface area contributed by atoms with Crippen molar-refractivity contribution in [2.75, 3.05) is 33.4 Å². The van der Waals surface area contributed by atoms with Gasteiger partial charge in [-0.25, -0.2) is 0 Å². The van der Waals surface area contributed by atoms with Crippen LogP contribution >= 0.6 is 0 Å². The zero-order valence-corrected chi connectivity index (χ0v) is 8.45. The minimum Gasteiger partial charge on any atom is -0.396 e. The van der Waals surface area contributed by atoms with E-state index in [4.69, 9.17) is 9.84 Å². The summed E-state index contributed by atoms with van der Waals surface area (Å²) in [5.74, 6) is 0.0637. The Morgan fingerprint density at radius 1 is 1.54 bits per heavy atom. The predicted molar refractivity (Wildman–Crippen MR) is 50.4 cm³/mol. The van der Waals surface area contributed by atoms with Crippen LogP contribution in [0.5, 0.6) is 0 Å². The van der Waals surface area contributed by atoms with Crippen molar-refractivity contribution in [3.8, 4) is 0 Å². The minimum absolute atomic E-state index is 0.0637. The van der Waals surface area contributed by atoms with Gasteiger partial charge >= 0.3 is 0 Å². The fourth-order valence-electron chi connectivity index (χ4n) is 0.892. The Labute approximate surface area is 79.5 Å². The third kappa shape index (κ3) is 6.54. The molecule has 13 heavy (non-hydrogen) atoms. The zero-order valence-electron chi connectivity index (χ0n) is 8.45. The molecule has 4 heteroatoms. The van der Waals surface area contributed by atoms with Gasteiger partial charge in [0.2, 0.25) is 5.91 Å². The van der Waals surface area contributed by atoms with Gasteiger partial charge in [-0.1, -0.05) is 0 Å². The van der Waals surface area contributed by atoms with E-state index >= 15 is 0 Å². The number of amides is 1. The highest BCUT2D eigenvalue weighted by atomic mass is 16.5. The second-order valence-electron chi connectivity index (χ2n) is 2.84. The van der Waals surface area contributed by atoms with Crippen molar-refractivity contribution in [2.24, 2.45) is 0 Å². The molecule has 0 aromatic rings. The molecule has 0 rings (SSSR count). The lowest BCUT2D eigenvalue weighted by atomic mass is 10.3. The number of ether oxygens (including phenoxy) is 1. The van der Waals surface area contributed by atoms with Crippen LogP contribution in [0.4, 0.5) is 0 Å². The molecule has 0 saturated carbocycles. The first kappa shape index (κ1) is 12.4. The van der Waals surface area contributed by atoms with Gasteiger partial charge in [0.1, 0.15) is 0 Å². The quantitative estimate of drug-likeness (QED) is 0.584. The Kier molecular flexibility index (Phi) is 7.63. The van der Waals surface area contributed by atoms with Crippen molar-refractivity contribution in [2.45, 2.75) is 19.8 Å². The highest BCUT2D eigenvalue weighted by Gasteiger charge is 2.06. The number of rotatable bonds is 7. The summed E-state index contributed by atoms with van der Waals surface area (Å²) in [6, 6.07) is 0. The first-order valence-electron chi connectivity index (χ1n) is 4.65. The Morgan fingerprint density at radius 3 is 2.77 bits per heavy atom. The summed E-state index contributed by atoms with van der Waals surface area (Å²) < 4.78 is 5.12. The van der Waals surface area contributed by atoms with Crippen molar-refractivity contribution >= 4 is 5.91 Å². The Morgan fingerprint density at radius 2 is 2.23 bits per heavy atom. The number of likely N-dealkylation sites (N-methyl/N-ethyl adjacent to an activating group) is 1. The first-order chi connectivity index (χ1) is 6.22. The van der Waals surface area contributed by atoms with Crippen LogP contribution < -0.4 is 0 Å². The van der Waals surface area contributed by atoms with Gasteiger partial charge in [0.25, 0.3) is 0 Å². The van der Waals surface area contributed by atoms with Gasteiger partial charge in [-0.2, -0.15) is 0 Å². The number of aliphatic hydroxyl groups is 1. The molecule has 0 heterocycles. The molecular formula is C9H19NO3. The molecule has 0 aliphatic rings. The van der Waals surface area contributed by atoms with Crippen LogP contribution in [0.2, 0.25) is 0 Å². The lowest BCUT2D eigenvalue weighted by Crippen LogP contribution is -2.30. The SMILES string of the molecule is CCOCCN(C)C(=O)CCCO. The molecule has 0 aromatic carbocycles. The number of carbonyl (C=O) groups excluding carboxylic acids is 1. The van der Waals surface area contributed by atoms with E-state index in [1.54, 1.807) is 11.9 Å². The molecular weight excluding hydrogens is 170 g/mol. The van der Waals surface area contributed by atoms with E-state index < -0.39 is 0 Å². The van der Waals surface area contributed by atoms with Crippen LogP contribution in [0.1, 0.15) is 19.8 Å². The van der Waals surface area contributed by atoms with Crippen molar-refractivity contribution in [3.05, 3.63) is 0 Å². The van der Waals surface area contributed by atoms with Crippen molar-refractivity contribution in [1.82, 2.24) is 4.90 Å². The molecule has 0 atom stereocenters. The fraction of sp³-hybridized carbons (Fsp3) is 0.889. The summed E-state index contributed by atoms with van der Waals surface area (Å²) in [7, 11) is 1.75. The van der Waals surface area contributed by atoms with Crippen LogP contribution in [-0.4, -0.2) is 49.3 Å². The van der Waals surface area contributed by atoms with Crippen molar-refractivity contribution in [1.29, 1.82) is 0 Å². The van der Waals surface area contributed by atoms with Gasteiger partial charge < -0.3 is 14.7 Å². The zero-order chi connectivity index (χ0) is 10.1. The average Bonchev–Trinajstić information content (AvgIpc) is 2.14. The number of hydrogen-bond donors (Lipinski definition) is 1. The van der Waals surface area contributed by atoms with Crippen molar-refractivity contribution < 1.29 is 14.6 Å². The number of hydrogen-bond acceptors (Lipinski definition) is 3. The van der Waals surface area contributed by atoms with Crippen LogP contribution in [0.15, 0.2) is 0 Å². The number of carbonyl (C=O) groups is 1. The summed E-state index contributed by atoms with van der Waals surface area (Å²) >= 11 is 0. The monoisotopic (exact) mass is 189 g/mol. The number of aliphatic hydroxyl groups excluding tert-OH is 1. The van der Waals surface area contributed by atoms with E-state index in [9.17, 15) is 4.79 Å². The maximum atomic E-state index is 11.3. The Bertz CT molecular complexity index is 139. The normalized spacial score (nSPS) is 10.1. The molecule has 1 amide bonds. The average molecular weight is 189 g/mol. The third-order valence-corrected chi connectivity index (χ3v) is 1.75. The van der Waals surface area contributed by atoms with Crippen molar-refractivity contribution in [3.63, 3.8) is 0 Å². The minimum atomic E-state index is 0.0637. The second kappa shape index (κ2) is 8.01. The highest BCUT2D eigenvalue weighted by molar-refractivity contribution is 5.75. The van der Waals surface area contributed by atoms with Gasteiger partial charge in [0, 0.05) is 33.2 Å². The van der Waals surface area contributed by atoms with E-state index in [1.165, 1.54) is 0 Å². The van der Waals surface area contributed by atoms with E-state index in [2.05, 4.69) is 0 Å². The topological polar surface area (TPSA) is 49.8 Å². The highest BCUT2D eigenvalue weighted by Crippen LogP contribution is 1.94. The fourth-order valence-corrected chi connectivity index (χ4v) is 0.892. The third-order valence-electron chi connectivity index (χ3n) is 1.75. The van der Waals surface area contributed by atoms with Gasteiger partial charge in [0.15, 0.2) is 0 Å². The molecule has 0 unspecified atom stereocenters. The molecule has 0 radical (unpaired) electrons. The van der Waals surface area contributed by atoms with Gasteiger partial charge in [-0.05, 0) is 13.3 Å². The predicted octanol–water partition coefficient (Wildman–Crippen LogP) is 0.254. The largest absolute Gasteiger partial charge is 0.396 e. The van der Waals surface area contributed by atoms with Crippen LogP contribution in [-0.2, 0) is 9.53 Å². The van der Waals surface area contributed by atoms with Crippen LogP contribution in [0.3, 0.4) is 0 Å². The van der Waals surface area contributed by atoms with E-state index in [-0.39, 0.29) is 12.5 Å². The number of nitrogens with zero attached hydrogens (tertiary/aromatic N) is 1. The maximum Gasteiger partial charge on any atom is 0.222 e. The molecule has 0 fully saturated rings. The Balaban J connectivity index is 3.45. The molecule has 0 saturated heterocycles.